The SMILES string of the molecule is C/C(=C\c1ccccc1F)C(=O)Nc1ccccc1C#N. The van der Waals surface area contributed by atoms with Crippen molar-refractivity contribution < 1.29 is 9.18 Å². The Hall–Kier alpha value is -2.93. The molecule has 2 aromatic carbocycles. The summed E-state index contributed by atoms with van der Waals surface area (Å²) < 4.78 is 13.5. The maximum absolute atomic E-state index is 13.5. The molecule has 0 saturated heterocycles. The van der Waals surface area contributed by atoms with Gasteiger partial charge in [-0.3, -0.25) is 4.79 Å². The minimum absolute atomic E-state index is 0.346. The van der Waals surface area contributed by atoms with Crippen molar-refractivity contribution in [1.29, 1.82) is 5.26 Å². The first kappa shape index (κ1) is 14.5. The van der Waals surface area contributed by atoms with Gasteiger partial charge in [-0.05, 0) is 31.2 Å². The Kier molecular flexibility index (Phi) is 4.47. The van der Waals surface area contributed by atoms with Gasteiger partial charge in [0.1, 0.15) is 11.9 Å². The van der Waals surface area contributed by atoms with Crippen molar-refractivity contribution >= 4 is 17.7 Å². The van der Waals surface area contributed by atoms with Crippen LogP contribution in [0, 0.1) is 17.1 Å². The monoisotopic (exact) mass is 280 g/mol. The molecule has 0 atom stereocenters. The fraction of sp³-hybridized carbons (Fsp3) is 0.0588. The van der Waals surface area contributed by atoms with E-state index in [-0.39, 0.29) is 11.7 Å². The van der Waals surface area contributed by atoms with Gasteiger partial charge in [-0.2, -0.15) is 5.26 Å². The Morgan fingerprint density at radius 1 is 1.19 bits per heavy atom. The van der Waals surface area contributed by atoms with Crippen LogP contribution in [-0.4, -0.2) is 5.91 Å². The molecule has 0 fully saturated rings. The first-order chi connectivity index (χ1) is 10.1. The van der Waals surface area contributed by atoms with Gasteiger partial charge in [0.05, 0.1) is 11.3 Å². The molecule has 3 nitrogen and oxygen atoms in total. The minimum atomic E-state index is -0.387. The molecule has 0 saturated carbocycles. The van der Waals surface area contributed by atoms with Crippen LogP contribution >= 0.6 is 0 Å². The van der Waals surface area contributed by atoms with E-state index in [1.807, 2.05) is 6.07 Å². The van der Waals surface area contributed by atoms with Crippen molar-refractivity contribution in [2.24, 2.45) is 0 Å². The Labute approximate surface area is 122 Å². The third-order valence-electron chi connectivity index (χ3n) is 2.93. The first-order valence-electron chi connectivity index (χ1n) is 6.35. The zero-order valence-electron chi connectivity index (χ0n) is 11.4. The van der Waals surface area contributed by atoms with E-state index >= 15 is 0 Å². The molecule has 0 aromatic heterocycles. The molecular formula is C17H13FN2O. The molecule has 1 N–H and O–H groups in total. The topological polar surface area (TPSA) is 52.9 Å². The summed E-state index contributed by atoms with van der Waals surface area (Å²) >= 11 is 0. The Morgan fingerprint density at radius 2 is 1.86 bits per heavy atom. The predicted molar refractivity (Wildman–Crippen MR) is 79.8 cm³/mol. The summed E-state index contributed by atoms with van der Waals surface area (Å²) in [5, 5.41) is 11.6. The van der Waals surface area contributed by atoms with E-state index in [9.17, 15) is 9.18 Å². The highest BCUT2D eigenvalue weighted by atomic mass is 19.1. The normalized spacial score (nSPS) is 10.8. The third kappa shape index (κ3) is 3.54. The van der Waals surface area contributed by atoms with E-state index in [1.54, 1.807) is 49.4 Å². The number of nitrogens with zero attached hydrogens (tertiary/aromatic N) is 1. The summed E-state index contributed by atoms with van der Waals surface area (Å²) in [6.45, 7) is 1.59. The second kappa shape index (κ2) is 6.49. The summed E-state index contributed by atoms with van der Waals surface area (Å²) in [5.41, 5.74) is 1.52. The molecule has 1 amide bonds. The molecule has 0 radical (unpaired) electrons. The molecule has 0 spiro atoms. The van der Waals surface area contributed by atoms with Crippen LogP contribution in [0.3, 0.4) is 0 Å². The van der Waals surface area contributed by atoms with Crippen molar-refractivity contribution in [2.45, 2.75) is 6.92 Å². The highest BCUT2D eigenvalue weighted by Crippen LogP contribution is 2.16. The third-order valence-corrected chi connectivity index (χ3v) is 2.93. The molecule has 0 unspecified atom stereocenters. The van der Waals surface area contributed by atoms with Gasteiger partial charge < -0.3 is 5.32 Å². The highest BCUT2D eigenvalue weighted by Gasteiger charge is 2.09. The lowest BCUT2D eigenvalue weighted by molar-refractivity contribution is -0.112. The number of benzene rings is 2. The number of amides is 1. The molecule has 0 aliphatic heterocycles. The van der Waals surface area contributed by atoms with Crippen LogP contribution in [0.1, 0.15) is 18.1 Å². The second-order valence-corrected chi connectivity index (χ2v) is 4.46. The van der Waals surface area contributed by atoms with Gasteiger partial charge in [-0.1, -0.05) is 30.3 Å². The van der Waals surface area contributed by atoms with Crippen molar-refractivity contribution in [1.82, 2.24) is 0 Å². The van der Waals surface area contributed by atoms with Crippen LogP contribution < -0.4 is 5.32 Å². The van der Waals surface area contributed by atoms with E-state index in [0.717, 1.165) is 0 Å². The van der Waals surface area contributed by atoms with Crippen LogP contribution in [0.4, 0.5) is 10.1 Å². The zero-order chi connectivity index (χ0) is 15.2. The van der Waals surface area contributed by atoms with Crippen molar-refractivity contribution in [3.8, 4) is 6.07 Å². The molecule has 0 aliphatic carbocycles. The lowest BCUT2D eigenvalue weighted by atomic mass is 10.1. The summed E-state index contributed by atoms with van der Waals surface area (Å²) in [6, 6.07) is 14.9. The van der Waals surface area contributed by atoms with Crippen LogP contribution in [-0.2, 0) is 4.79 Å². The number of nitrogens with one attached hydrogen (secondary N) is 1. The predicted octanol–water partition coefficient (Wildman–Crippen LogP) is 3.74. The van der Waals surface area contributed by atoms with Gasteiger partial charge in [0, 0.05) is 11.1 Å². The average molecular weight is 280 g/mol. The van der Waals surface area contributed by atoms with Gasteiger partial charge >= 0.3 is 0 Å². The van der Waals surface area contributed by atoms with Crippen molar-refractivity contribution in [2.75, 3.05) is 5.32 Å². The average Bonchev–Trinajstić information content (AvgIpc) is 2.50. The number of rotatable bonds is 3. The molecule has 0 heterocycles. The molecule has 2 aromatic rings. The smallest absolute Gasteiger partial charge is 0.251 e. The standard InChI is InChI=1S/C17H13FN2O/c1-12(10-13-6-2-4-8-15(13)18)17(21)20-16-9-5-3-7-14(16)11-19/h2-10H,1H3,(H,20,21)/b12-10+. The molecule has 104 valence electrons. The minimum Gasteiger partial charge on any atom is -0.321 e. The van der Waals surface area contributed by atoms with Crippen molar-refractivity contribution in [3.05, 3.63) is 71.0 Å². The number of anilines is 1. The fourth-order valence-electron chi connectivity index (χ4n) is 1.80. The molecule has 0 bridgehead atoms. The molecular weight excluding hydrogens is 267 g/mol. The second-order valence-electron chi connectivity index (χ2n) is 4.46. The molecule has 21 heavy (non-hydrogen) atoms. The van der Waals surface area contributed by atoms with E-state index in [4.69, 9.17) is 5.26 Å². The largest absolute Gasteiger partial charge is 0.321 e. The van der Waals surface area contributed by atoms with E-state index in [0.29, 0.717) is 22.4 Å². The maximum Gasteiger partial charge on any atom is 0.251 e. The Morgan fingerprint density at radius 3 is 2.57 bits per heavy atom. The van der Waals surface area contributed by atoms with Gasteiger partial charge in [-0.25, -0.2) is 4.39 Å². The lowest BCUT2D eigenvalue weighted by Crippen LogP contribution is -2.13. The van der Waals surface area contributed by atoms with Crippen molar-refractivity contribution in [3.63, 3.8) is 0 Å². The summed E-state index contributed by atoms with van der Waals surface area (Å²) in [6.07, 6.45) is 1.47. The number of halogens is 1. The van der Waals surface area contributed by atoms with Crippen LogP contribution in [0.5, 0.6) is 0 Å². The number of para-hydroxylation sites is 1. The van der Waals surface area contributed by atoms with Crippen LogP contribution in [0.2, 0.25) is 0 Å². The van der Waals surface area contributed by atoms with Gasteiger partial charge in [0.2, 0.25) is 0 Å². The van der Waals surface area contributed by atoms with Gasteiger partial charge in [0.15, 0.2) is 0 Å². The quantitative estimate of drug-likeness (QED) is 0.871. The molecule has 4 heteroatoms. The van der Waals surface area contributed by atoms with E-state index in [1.165, 1.54) is 12.1 Å². The maximum atomic E-state index is 13.5. The molecule has 0 aliphatic rings. The van der Waals surface area contributed by atoms with Gasteiger partial charge in [-0.15, -0.1) is 0 Å². The number of hydrogen-bond donors (Lipinski definition) is 1. The Balaban J connectivity index is 2.21. The number of carbonyl (C=O) groups is 1. The first-order valence-corrected chi connectivity index (χ1v) is 6.35. The summed E-state index contributed by atoms with van der Waals surface area (Å²) in [5.74, 6) is -0.761. The van der Waals surface area contributed by atoms with E-state index < -0.39 is 0 Å². The van der Waals surface area contributed by atoms with Gasteiger partial charge in [0.25, 0.3) is 5.91 Å². The summed E-state index contributed by atoms with van der Waals surface area (Å²) in [7, 11) is 0. The molecule has 2 rings (SSSR count). The number of hydrogen-bond acceptors (Lipinski definition) is 2. The van der Waals surface area contributed by atoms with Crippen LogP contribution in [0.15, 0.2) is 54.1 Å². The fourth-order valence-corrected chi connectivity index (χ4v) is 1.80. The Bertz CT molecular complexity index is 744. The highest BCUT2D eigenvalue weighted by molar-refractivity contribution is 6.06. The van der Waals surface area contributed by atoms with Crippen LogP contribution in [0.25, 0.3) is 6.08 Å². The lowest BCUT2D eigenvalue weighted by Gasteiger charge is -2.07. The number of nitriles is 1. The summed E-state index contributed by atoms with van der Waals surface area (Å²) in [4.78, 5) is 12.1. The number of carbonyl (C=O) groups excluding carboxylic acids is 1. The van der Waals surface area contributed by atoms with E-state index in [2.05, 4.69) is 5.32 Å². The zero-order valence-corrected chi connectivity index (χ0v) is 11.4.